The van der Waals surface area contributed by atoms with Crippen LogP contribution >= 0.6 is 0 Å². The van der Waals surface area contributed by atoms with Gasteiger partial charge >= 0.3 is 5.97 Å². The zero-order valence-electron chi connectivity index (χ0n) is 37.4. The molecule has 0 saturated carbocycles. The Kier molecular flexibility index (Phi) is 44.7. The van der Waals surface area contributed by atoms with Gasteiger partial charge in [-0.2, -0.15) is 0 Å². The van der Waals surface area contributed by atoms with Crippen molar-refractivity contribution in [2.75, 3.05) is 13.2 Å². The SMILES string of the molecule is CCCCCCCCC/C=C\CCCCCCCCCC(=O)OCCCC/C=C\CCCCCCCC(=O)NC(CO)C(O)CCCCCCCCCCCC. The standard InChI is InChI=1S/C50H95NO5/c1-3-5-7-9-11-13-15-16-17-18-19-20-21-24-28-32-36-40-44-50(55)56-45-41-37-33-29-25-22-23-27-31-35-39-43-49(54)51-47(46-52)48(53)42-38-34-30-26-14-12-10-8-6-4-2/h17-18,25,29,47-48,52-53H,3-16,19-24,26-28,30-46H2,1-2H3,(H,51,54)/b18-17-,29-25-. The number of carbonyl (C=O) groups excluding carboxylic acids is 2. The molecule has 3 N–H and O–H groups in total. The average Bonchev–Trinajstić information content (AvgIpc) is 3.20. The van der Waals surface area contributed by atoms with Gasteiger partial charge in [-0.05, 0) is 77.0 Å². The lowest BCUT2D eigenvalue weighted by atomic mass is 10.0. The number of rotatable bonds is 45. The zero-order valence-corrected chi connectivity index (χ0v) is 37.4. The maximum absolute atomic E-state index is 12.4. The maximum atomic E-state index is 12.4. The number of aliphatic hydroxyl groups excluding tert-OH is 2. The highest BCUT2D eigenvalue weighted by Crippen LogP contribution is 2.15. The third-order valence-electron chi connectivity index (χ3n) is 11.2. The summed E-state index contributed by atoms with van der Waals surface area (Å²) < 4.78 is 5.44. The van der Waals surface area contributed by atoms with E-state index >= 15 is 0 Å². The highest BCUT2D eigenvalue weighted by Gasteiger charge is 2.20. The largest absolute Gasteiger partial charge is 0.466 e. The molecule has 2 unspecified atom stereocenters. The minimum atomic E-state index is -0.680. The topological polar surface area (TPSA) is 95.9 Å². The Morgan fingerprint density at radius 3 is 1.27 bits per heavy atom. The van der Waals surface area contributed by atoms with E-state index in [2.05, 4.69) is 43.5 Å². The van der Waals surface area contributed by atoms with Crippen LogP contribution in [0.5, 0.6) is 0 Å². The minimum absolute atomic E-state index is 0.0348. The van der Waals surface area contributed by atoms with Crippen LogP contribution in [-0.4, -0.2) is 47.4 Å². The van der Waals surface area contributed by atoms with E-state index in [-0.39, 0.29) is 18.5 Å². The van der Waals surface area contributed by atoms with Crippen LogP contribution in [0.3, 0.4) is 0 Å². The van der Waals surface area contributed by atoms with E-state index in [9.17, 15) is 19.8 Å². The van der Waals surface area contributed by atoms with Gasteiger partial charge in [0.05, 0.1) is 25.4 Å². The summed E-state index contributed by atoms with van der Waals surface area (Å²) in [5.41, 5.74) is 0. The molecule has 0 aliphatic carbocycles. The van der Waals surface area contributed by atoms with Crippen molar-refractivity contribution >= 4 is 11.9 Å². The van der Waals surface area contributed by atoms with Crippen molar-refractivity contribution in [3.05, 3.63) is 24.3 Å². The minimum Gasteiger partial charge on any atom is -0.466 e. The summed E-state index contributed by atoms with van der Waals surface area (Å²) in [6, 6.07) is -0.560. The lowest BCUT2D eigenvalue weighted by Gasteiger charge is -2.22. The molecule has 0 heterocycles. The number of esters is 1. The number of ether oxygens (including phenoxy) is 1. The van der Waals surface area contributed by atoms with Crippen molar-refractivity contribution in [2.45, 2.75) is 270 Å². The summed E-state index contributed by atoms with van der Waals surface area (Å²) in [5, 5.41) is 23.1. The van der Waals surface area contributed by atoms with Crippen LogP contribution in [0.2, 0.25) is 0 Å². The first-order valence-electron chi connectivity index (χ1n) is 24.6. The molecular weight excluding hydrogens is 695 g/mol. The van der Waals surface area contributed by atoms with Crippen LogP contribution in [0, 0.1) is 0 Å². The van der Waals surface area contributed by atoms with Gasteiger partial charge < -0.3 is 20.3 Å². The lowest BCUT2D eigenvalue weighted by Crippen LogP contribution is -2.45. The summed E-state index contributed by atoms with van der Waals surface area (Å²) in [6.45, 7) is 4.85. The Morgan fingerprint density at radius 2 is 0.839 bits per heavy atom. The van der Waals surface area contributed by atoms with Crippen LogP contribution in [-0.2, 0) is 14.3 Å². The van der Waals surface area contributed by atoms with Crippen LogP contribution in [0.1, 0.15) is 258 Å². The Morgan fingerprint density at radius 1 is 0.482 bits per heavy atom. The normalized spacial score (nSPS) is 12.9. The second-order valence-corrected chi connectivity index (χ2v) is 16.8. The van der Waals surface area contributed by atoms with Crippen LogP contribution in [0.25, 0.3) is 0 Å². The molecule has 0 bridgehead atoms. The number of unbranched alkanes of at least 4 members (excludes halogenated alkanes) is 30. The van der Waals surface area contributed by atoms with Crippen molar-refractivity contribution in [1.29, 1.82) is 0 Å². The maximum Gasteiger partial charge on any atom is 0.305 e. The van der Waals surface area contributed by atoms with Crippen molar-refractivity contribution < 1.29 is 24.5 Å². The van der Waals surface area contributed by atoms with E-state index in [4.69, 9.17) is 4.74 Å². The summed E-state index contributed by atoms with van der Waals surface area (Å²) in [4.78, 5) is 24.4. The van der Waals surface area contributed by atoms with Crippen LogP contribution < -0.4 is 5.32 Å². The van der Waals surface area contributed by atoms with E-state index in [0.717, 1.165) is 83.5 Å². The molecular formula is C50H95NO5. The van der Waals surface area contributed by atoms with Gasteiger partial charge in [-0.1, -0.05) is 192 Å². The number of hydrogen-bond acceptors (Lipinski definition) is 5. The molecule has 0 aliphatic heterocycles. The van der Waals surface area contributed by atoms with Crippen molar-refractivity contribution in [2.24, 2.45) is 0 Å². The Labute approximate surface area is 348 Å². The zero-order chi connectivity index (χ0) is 40.8. The van der Waals surface area contributed by atoms with E-state index in [1.54, 1.807) is 0 Å². The van der Waals surface area contributed by atoms with E-state index < -0.39 is 12.1 Å². The molecule has 6 nitrogen and oxygen atoms in total. The van der Waals surface area contributed by atoms with Gasteiger partial charge in [-0.25, -0.2) is 0 Å². The summed E-state index contributed by atoms with van der Waals surface area (Å²) in [7, 11) is 0. The third kappa shape index (κ3) is 42.0. The second kappa shape index (κ2) is 46.0. The van der Waals surface area contributed by atoms with Gasteiger partial charge in [0.15, 0.2) is 0 Å². The van der Waals surface area contributed by atoms with Crippen LogP contribution in [0.15, 0.2) is 24.3 Å². The number of amides is 1. The van der Waals surface area contributed by atoms with Crippen molar-refractivity contribution in [3.63, 3.8) is 0 Å². The molecule has 1 amide bonds. The first-order chi connectivity index (χ1) is 27.5. The van der Waals surface area contributed by atoms with E-state index in [0.29, 0.717) is 25.9 Å². The number of aliphatic hydroxyl groups is 2. The van der Waals surface area contributed by atoms with E-state index in [1.165, 1.54) is 141 Å². The molecule has 330 valence electrons. The predicted octanol–water partition coefficient (Wildman–Crippen LogP) is 14.3. The fourth-order valence-electron chi connectivity index (χ4n) is 7.39. The van der Waals surface area contributed by atoms with Gasteiger partial charge in [-0.15, -0.1) is 0 Å². The van der Waals surface area contributed by atoms with Gasteiger partial charge in [-0.3, -0.25) is 9.59 Å². The van der Waals surface area contributed by atoms with Gasteiger partial charge in [0.25, 0.3) is 0 Å². The molecule has 2 atom stereocenters. The quantitative estimate of drug-likeness (QED) is 0.0324. The molecule has 6 heteroatoms. The molecule has 0 spiro atoms. The molecule has 0 rings (SSSR count). The predicted molar refractivity (Wildman–Crippen MR) is 241 cm³/mol. The second-order valence-electron chi connectivity index (χ2n) is 16.8. The summed E-state index contributed by atoms with van der Waals surface area (Å²) >= 11 is 0. The molecule has 0 fully saturated rings. The fraction of sp³-hybridized carbons (Fsp3) is 0.880. The molecule has 0 aromatic heterocycles. The molecule has 56 heavy (non-hydrogen) atoms. The lowest BCUT2D eigenvalue weighted by molar-refractivity contribution is -0.143. The van der Waals surface area contributed by atoms with Gasteiger partial charge in [0, 0.05) is 12.8 Å². The van der Waals surface area contributed by atoms with Gasteiger partial charge in [0.1, 0.15) is 0 Å². The average molecular weight is 790 g/mol. The highest BCUT2D eigenvalue weighted by molar-refractivity contribution is 5.76. The molecule has 0 aromatic rings. The monoisotopic (exact) mass is 790 g/mol. The Hall–Kier alpha value is -1.66. The number of allylic oxidation sites excluding steroid dienone is 4. The van der Waals surface area contributed by atoms with Crippen LogP contribution in [0.4, 0.5) is 0 Å². The molecule has 0 saturated heterocycles. The Balaban J connectivity index is 3.49. The van der Waals surface area contributed by atoms with Gasteiger partial charge in [0.2, 0.25) is 5.91 Å². The summed E-state index contributed by atoms with van der Waals surface area (Å²) in [5.74, 6) is -0.101. The van der Waals surface area contributed by atoms with E-state index in [1.807, 2.05) is 0 Å². The number of hydrogen-bond donors (Lipinski definition) is 3. The first-order valence-corrected chi connectivity index (χ1v) is 24.6. The summed E-state index contributed by atoms with van der Waals surface area (Å²) in [6.07, 6.45) is 52.9. The molecule has 0 aromatic carbocycles. The third-order valence-corrected chi connectivity index (χ3v) is 11.2. The molecule has 0 aliphatic rings. The number of nitrogens with one attached hydrogen (secondary N) is 1. The first kappa shape index (κ1) is 54.3. The molecule has 0 radical (unpaired) electrons. The Bertz CT molecular complexity index is 874. The fourth-order valence-corrected chi connectivity index (χ4v) is 7.39. The smallest absolute Gasteiger partial charge is 0.305 e. The highest BCUT2D eigenvalue weighted by atomic mass is 16.5. The van der Waals surface area contributed by atoms with Crippen molar-refractivity contribution in [3.8, 4) is 0 Å². The van der Waals surface area contributed by atoms with Crippen molar-refractivity contribution in [1.82, 2.24) is 5.32 Å². The number of carbonyl (C=O) groups is 2.